The lowest BCUT2D eigenvalue weighted by Gasteiger charge is -2.40. The quantitative estimate of drug-likeness (QED) is 0.600. The highest BCUT2D eigenvalue weighted by Crippen LogP contribution is 2.31. The molecule has 1 fully saturated rings. The molecule has 11 heteroatoms. The van der Waals surface area contributed by atoms with Gasteiger partial charge in [0.05, 0.1) is 5.56 Å². The van der Waals surface area contributed by atoms with Crippen LogP contribution in [0.2, 0.25) is 0 Å². The average molecular weight is 459 g/mol. The van der Waals surface area contributed by atoms with Gasteiger partial charge < -0.3 is 14.6 Å². The number of aromatic hydroxyl groups is 1. The van der Waals surface area contributed by atoms with Gasteiger partial charge in [0.25, 0.3) is 5.91 Å². The highest BCUT2D eigenvalue weighted by Gasteiger charge is 2.37. The first kappa shape index (κ1) is 22.1. The summed E-state index contributed by atoms with van der Waals surface area (Å²) in [6.45, 7) is 1.12. The van der Waals surface area contributed by atoms with E-state index in [2.05, 4.69) is 10.2 Å². The Hall–Kier alpha value is -3.08. The summed E-state index contributed by atoms with van der Waals surface area (Å²) in [6.07, 6.45) is 4.46. The summed E-state index contributed by atoms with van der Waals surface area (Å²) in [4.78, 5) is 27.4. The second-order valence-electron chi connectivity index (χ2n) is 7.78. The zero-order valence-corrected chi connectivity index (χ0v) is 17.2. The summed E-state index contributed by atoms with van der Waals surface area (Å²) in [5, 5.41) is 19.3. The first-order chi connectivity index (χ1) is 14.9. The molecule has 0 saturated carbocycles. The van der Waals surface area contributed by atoms with Crippen LogP contribution in [0.15, 0.2) is 29.2 Å². The highest BCUT2D eigenvalue weighted by molar-refractivity contribution is 7.14. The molecule has 2 aliphatic rings. The maximum absolute atomic E-state index is 13.9. The third kappa shape index (κ3) is 3.70. The Labute approximate surface area is 187 Å². The Morgan fingerprint density at radius 3 is 2.78 bits per heavy atom. The molecule has 1 aromatic carbocycles. The van der Waals surface area contributed by atoms with E-state index in [1.807, 2.05) is 0 Å². The summed E-state index contributed by atoms with van der Waals surface area (Å²) in [5.74, 6) is -2.27. The van der Waals surface area contributed by atoms with Crippen LogP contribution in [0.5, 0.6) is 5.75 Å². The molecular weight excluding hydrogens is 437 g/mol. The molecule has 1 amide bonds. The van der Waals surface area contributed by atoms with Crippen molar-refractivity contribution >= 4 is 25.7 Å². The number of hydrogen-bond acceptors (Lipinski definition) is 6. The molecule has 2 aromatic heterocycles. The summed E-state index contributed by atoms with van der Waals surface area (Å²) in [5.41, 5.74) is -0.283. The standard InChI is InChI=1S/C21H18F2N4O3S.BH4/c22-12-5-4-11(15(23)8-12)7-16-24-25-20(31-16)14-10-26-9-13-3-1-2-6-27(13)21(30)17(26)19(29)18(14)28;/h4-5,8,10,13,29H,1-3,6-7,9H2;1H4/q;-1/t13-;/m0./s1. The third-order valence-electron chi connectivity index (χ3n) is 5.81. The van der Waals surface area contributed by atoms with Crippen LogP contribution < -0.4 is 5.43 Å². The average Bonchev–Trinajstić information content (AvgIpc) is 3.21. The van der Waals surface area contributed by atoms with E-state index in [-0.39, 0.29) is 48.6 Å². The number of amides is 1. The SMILES string of the molecule is O=C1c2c(O)c(=O)c(-c3nnc(Cc4ccc(F)cc4F)s3)cn2C[C@@H]2CCCCN12.[BH4-]. The number of nitrogens with zero attached hydrogens (tertiary/aromatic N) is 4. The van der Waals surface area contributed by atoms with Gasteiger partial charge in [-0.05, 0) is 30.9 Å². The summed E-state index contributed by atoms with van der Waals surface area (Å²) >= 11 is 1.09. The van der Waals surface area contributed by atoms with Crippen LogP contribution in [0.1, 0.15) is 40.3 Å². The van der Waals surface area contributed by atoms with Crippen molar-refractivity contribution in [3.05, 3.63) is 62.5 Å². The number of piperidine rings is 1. The molecule has 1 saturated heterocycles. The van der Waals surface area contributed by atoms with Crippen LogP contribution in [-0.2, 0) is 13.0 Å². The third-order valence-corrected chi connectivity index (χ3v) is 6.76. The van der Waals surface area contributed by atoms with Gasteiger partial charge in [-0.1, -0.05) is 25.8 Å². The van der Waals surface area contributed by atoms with Gasteiger partial charge in [0.2, 0.25) is 5.43 Å². The lowest BCUT2D eigenvalue weighted by Crippen LogP contribution is -2.51. The molecule has 1 atom stereocenters. The second kappa shape index (κ2) is 8.46. The van der Waals surface area contributed by atoms with Crippen LogP contribution in [0.4, 0.5) is 8.78 Å². The molecule has 0 bridgehead atoms. The van der Waals surface area contributed by atoms with E-state index in [0.717, 1.165) is 36.7 Å². The molecule has 168 valence electrons. The summed E-state index contributed by atoms with van der Waals surface area (Å²) < 4.78 is 28.7. The van der Waals surface area contributed by atoms with Crippen LogP contribution in [0.25, 0.3) is 10.6 Å². The van der Waals surface area contributed by atoms with E-state index in [4.69, 9.17) is 0 Å². The molecule has 4 heterocycles. The van der Waals surface area contributed by atoms with Crippen LogP contribution >= 0.6 is 11.3 Å². The second-order valence-corrected chi connectivity index (χ2v) is 8.85. The molecule has 1 N–H and O–H groups in total. The van der Waals surface area contributed by atoms with Crippen molar-refractivity contribution in [2.75, 3.05) is 6.54 Å². The maximum Gasteiger partial charge on any atom is 0.274 e. The van der Waals surface area contributed by atoms with Crippen molar-refractivity contribution in [2.24, 2.45) is 0 Å². The summed E-state index contributed by atoms with van der Waals surface area (Å²) in [7, 11) is 0. The fraction of sp³-hybridized carbons (Fsp3) is 0.333. The van der Waals surface area contributed by atoms with Crippen LogP contribution in [0.3, 0.4) is 0 Å². The Kier molecular flexibility index (Phi) is 5.85. The molecule has 7 nitrogen and oxygen atoms in total. The molecule has 0 unspecified atom stereocenters. The summed E-state index contributed by atoms with van der Waals surface area (Å²) in [6, 6.07) is 3.35. The van der Waals surface area contributed by atoms with E-state index in [1.54, 1.807) is 15.7 Å². The van der Waals surface area contributed by atoms with Crippen LogP contribution in [0, 0.1) is 11.6 Å². The zero-order valence-electron chi connectivity index (χ0n) is 16.3. The monoisotopic (exact) mass is 459 g/mol. The number of halogens is 2. The number of pyridine rings is 1. The van der Waals surface area contributed by atoms with Gasteiger partial charge in [-0.25, -0.2) is 8.78 Å². The molecule has 0 spiro atoms. The molecular formula is C21H22BF2N4O3S-. The van der Waals surface area contributed by atoms with Gasteiger partial charge in [0, 0.05) is 37.8 Å². The topological polar surface area (TPSA) is 88.3 Å². The van der Waals surface area contributed by atoms with E-state index < -0.39 is 22.8 Å². The van der Waals surface area contributed by atoms with E-state index in [1.165, 1.54) is 12.1 Å². The number of carbonyl (C=O) groups is 1. The van der Waals surface area contributed by atoms with E-state index in [0.29, 0.717) is 18.1 Å². The van der Waals surface area contributed by atoms with Gasteiger partial charge in [-0.3, -0.25) is 9.59 Å². The Morgan fingerprint density at radius 1 is 1.19 bits per heavy atom. The predicted octanol–water partition coefficient (Wildman–Crippen LogP) is 1.50. The lowest BCUT2D eigenvalue weighted by molar-refractivity contribution is 0.0506. The number of fused-ring (bicyclic) bond motifs is 2. The number of aromatic nitrogens is 3. The van der Waals surface area contributed by atoms with Crippen molar-refractivity contribution < 1.29 is 18.7 Å². The van der Waals surface area contributed by atoms with Gasteiger partial charge in [0.1, 0.15) is 16.6 Å². The zero-order chi connectivity index (χ0) is 21.7. The smallest absolute Gasteiger partial charge is 0.274 e. The van der Waals surface area contributed by atoms with Gasteiger partial charge in [-0.2, -0.15) is 0 Å². The number of carbonyl (C=O) groups excluding carboxylic acids is 1. The minimum Gasteiger partial charge on any atom is -0.503 e. The van der Waals surface area contributed by atoms with E-state index in [9.17, 15) is 23.5 Å². The van der Waals surface area contributed by atoms with Crippen molar-refractivity contribution in [2.45, 2.75) is 38.3 Å². The minimum absolute atomic E-state index is 0. The van der Waals surface area contributed by atoms with Crippen molar-refractivity contribution in [1.29, 1.82) is 0 Å². The molecule has 2 aliphatic heterocycles. The number of rotatable bonds is 3. The van der Waals surface area contributed by atoms with Crippen molar-refractivity contribution in [1.82, 2.24) is 19.7 Å². The van der Waals surface area contributed by atoms with Crippen LogP contribution in [-0.4, -0.2) is 51.7 Å². The lowest BCUT2D eigenvalue weighted by atomic mass is 9.98. The molecule has 3 aromatic rings. The largest absolute Gasteiger partial charge is 0.503 e. The fourth-order valence-electron chi connectivity index (χ4n) is 4.25. The molecule has 32 heavy (non-hydrogen) atoms. The number of benzene rings is 1. The highest BCUT2D eigenvalue weighted by atomic mass is 32.1. The maximum atomic E-state index is 13.9. The van der Waals surface area contributed by atoms with E-state index >= 15 is 0 Å². The van der Waals surface area contributed by atoms with Gasteiger partial charge >= 0.3 is 0 Å². The van der Waals surface area contributed by atoms with Crippen molar-refractivity contribution in [3.63, 3.8) is 0 Å². The first-order valence-electron chi connectivity index (χ1n) is 9.96. The molecule has 0 radical (unpaired) electrons. The Balaban J connectivity index is 0.00000245. The van der Waals surface area contributed by atoms with Crippen molar-refractivity contribution in [3.8, 4) is 16.3 Å². The molecule has 5 rings (SSSR count). The van der Waals surface area contributed by atoms with Gasteiger partial charge in [0.15, 0.2) is 16.5 Å². The Bertz CT molecular complexity index is 1260. The molecule has 0 aliphatic carbocycles. The first-order valence-corrected chi connectivity index (χ1v) is 10.8. The number of hydrogen-bond donors (Lipinski definition) is 1. The van der Waals surface area contributed by atoms with Gasteiger partial charge in [-0.15, -0.1) is 10.2 Å². The Morgan fingerprint density at radius 2 is 2.00 bits per heavy atom. The minimum atomic E-state index is -0.689. The fourth-order valence-corrected chi connectivity index (χ4v) is 5.12. The predicted molar refractivity (Wildman–Crippen MR) is 120 cm³/mol. The normalized spacial score (nSPS) is 17.5.